The molecule has 0 aliphatic heterocycles. The van der Waals surface area contributed by atoms with Crippen molar-refractivity contribution in [3.05, 3.63) is 60.8 Å². The molecule has 4 aromatic rings. The van der Waals surface area contributed by atoms with Crippen molar-refractivity contribution < 1.29 is 9.53 Å². The number of hydrogen-bond donors (Lipinski definition) is 2. The number of nitrogen functional groups attached to an aromatic ring is 1. The fourth-order valence-corrected chi connectivity index (χ4v) is 5.53. The van der Waals surface area contributed by atoms with Crippen molar-refractivity contribution in [3.63, 3.8) is 0 Å². The highest BCUT2D eigenvalue weighted by atomic mass is 16.5. The molecule has 204 valence electrons. The van der Waals surface area contributed by atoms with Crippen molar-refractivity contribution in [1.29, 1.82) is 0 Å². The predicted molar refractivity (Wildman–Crippen MR) is 153 cm³/mol. The minimum atomic E-state index is -0.130. The molecule has 39 heavy (non-hydrogen) atoms. The highest BCUT2D eigenvalue weighted by Crippen LogP contribution is 2.33. The number of anilines is 1. The van der Waals surface area contributed by atoms with Gasteiger partial charge < -0.3 is 15.8 Å². The summed E-state index contributed by atoms with van der Waals surface area (Å²) in [7, 11) is 3.91. The van der Waals surface area contributed by atoms with Gasteiger partial charge in [-0.15, -0.1) is 0 Å². The standard InChI is InChI=1S/C30H37N7O2/c1-19(2)26(36(3)4)30(38)33-21-12-14-22(15-13-21)37-29-25(18-32-37)27(31)34-28(35-29)20-10-16-24(17-11-20)39-23-8-6-5-7-9-23/h5-11,16-19,21-22,26H,12-15H2,1-4H3,(H,33,38)(H2,31,34,35)/t21?,22?,26-/m1/s1. The van der Waals surface area contributed by atoms with Crippen molar-refractivity contribution in [2.24, 2.45) is 5.92 Å². The fourth-order valence-electron chi connectivity index (χ4n) is 5.53. The Morgan fingerprint density at radius 1 is 1.00 bits per heavy atom. The number of carbonyl (C=O) groups excluding carboxylic acids is 1. The van der Waals surface area contributed by atoms with Crippen LogP contribution in [0.5, 0.6) is 11.5 Å². The van der Waals surface area contributed by atoms with E-state index in [-0.39, 0.29) is 30.0 Å². The van der Waals surface area contributed by atoms with E-state index in [0.717, 1.165) is 53.8 Å². The van der Waals surface area contributed by atoms with E-state index in [1.165, 1.54) is 0 Å². The summed E-state index contributed by atoms with van der Waals surface area (Å²) in [4.78, 5) is 24.3. The normalized spacial score (nSPS) is 18.4. The van der Waals surface area contributed by atoms with Gasteiger partial charge >= 0.3 is 0 Å². The largest absolute Gasteiger partial charge is 0.457 e. The average Bonchev–Trinajstić information content (AvgIpc) is 3.34. The van der Waals surface area contributed by atoms with Crippen molar-refractivity contribution in [3.8, 4) is 22.9 Å². The van der Waals surface area contributed by atoms with E-state index in [1.54, 1.807) is 6.20 Å². The Balaban J connectivity index is 1.29. The number of para-hydroxylation sites is 1. The maximum atomic E-state index is 12.9. The Morgan fingerprint density at radius 2 is 1.67 bits per heavy atom. The molecule has 3 N–H and O–H groups in total. The molecule has 5 rings (SSSR count). The van der Waals surface area contributed by atoms with Crippen LogP contribution in [0.1, 0.15) is 45.6 Å². The van der Waals surface area contributed by atoms with Crippen LogP contribution in [0, 0.1) is 5.92 Å². The molecule has 2 aromatic carbocycles. The summed E-state index contributed by atoms with van der Waals surface area (Å²) in [5.74, 6) is 2.83. The smallest absolute Gasteiger partial charge is 0.237 e. The molecule has 1 fully saturated rings. The molecule has 1 saturated carbocycles. The van der Waals surface area contributed by atoms with Gasteiger partial charge in [0.05, 0.1) is 23.7 Å². The van der Waals surface area contributed by atoms with Crippen molar-refractivity contribution >= 4 is 22.8 Å². The molecule has 9 nitrogen and oxygen atoms in total. The number of aromatic nitrogens is 4. The summed E-state index contributed by atoms with van der Waals surface area (Å²) in [5.41, 5.74) is 7.93. The maximum Gasteiger partial charge on any atom is 0.237 e. The van der Waals surface area contributed by atoms with E-state index < -0.39 is 0 Å². The van der Waals surface area contributed by atoms with Gasteiger partial charge in [0.2, 0.25) is 5.91 Å². The van der Waals surface area contributed by atoms with Gasteiger partial charge in [-0.1, -0.05) is 32.0 Å². The first-order valence-electron chi connectivity index (χ1n) is 13.6. The number of nitrogens with zero attached hydrogens (tertiary/aromatic N) is 5. The van der Waals surface area contributed by atoms with E-state index in [9.17, 15) is 4.79 Å². The second-order valence-electron chi connectivity index (χ2n) is 10.9. The van der Waals surface area contributed by atoms with Gasteiger partial charge in [0.15, 0.2) is 11.5 Å². The summed E-state index contributed by atoms with van der Waals surface area (Å²) in [6, 6.07) is 17.6. The lowest BCUT2D eigenvalue weighted by molar-refractivity contribution is -0.128. The molecule has 2 aromatic heterocycles. The third kappa shape index (κ3) is 5.88. The van der Waals surface area contributed by atoms with Crippen LogP contribution in [-0.2, 0) is 4.79 Å². The summed E-state index contributed by atoms with van der Waals surface area (Å²) in [6.45, 7) is 4.16. The lowest BCUT2D eigenvalue weighted by atomic mass is 9.90. The zero-order chi connectivity index (χ0) is 27.5. The monoisotopic (exact) mass is 527 g/mol. The van der Waals surface area contributed by atoms with Gasteiger partial charge in [-0.25, -0.2) is 14.6 Å². The van der Waals surface area contributed by atoms with Crippen LogP contribution in [0.2, 0.25) is 0 Å². The van der Waals surface area contributed by atoms with Gasteiger partial charge in [-0.05, 0) is 82.1 Å². The van der Waals surface area contributed by atoms with Crippen LogP contribution in [-0.4, -0.2) is 56.7 Å². The first-order valence-corrected chi connectivity index (χ1v) is 13.6. The average molecular weight is 528 g/mol. The maximum absolute atomic E-state index is 12.9. The van der Waals surface area contributed by atoms with Crippen molar-refractivity contribution in [2.75, 3.05) is 19.8 Å². The molecule has 0 saturated heterocycles. The Hall–Kier alpha value is -3.98. The molecule has 1 aliphatic carbocycles. The van der Waals surface area contributed by atoms with Crippen LogP contribution >= 0.6 is 0 Å². The van der Waals surface area contributed by atoms with Crippen molar-refractivity contribution in [1.82, 2.24) is 30.0 Å². The quantitative estimate of drug-likeness (QED) is 0.330. The van der Waals surface area contributed by atoms with Crippen LogP contribution in [0.15, 0.2) is 60.8 Å². The first kappa shape index (κ1) is 26.6. The van der Waals surface area contributed by atoms with E-state index in [4.69, 9.17) is 15.5 Å². The second-order valence-corrected chi connectivity index (χ2v) is 10.9. The number of nitrogens with two attached hydrogens (primary N) is 1. The predicted octanol–water partition coefficient (Wildman–Crippen LogP) is 5.05. The van der Waals surface area contributed by atoms with Gasteiger partial charge in [0, 0.05) is 11.6 Å². The van der Waals surface area contributed by atoms with E-state index in [2.05, 4.69) is 29.2 Å². The Morgan fingerprint density at radius 3 is 2.31 bits per heavy atom. The molecule has 0 unspecified atom stereocenters. The van der Waals surface area contributed by atoms with Crippen molar-refractivity contribution in [2.45, 2.75) is 57.7 Å². The number of hydrogen-bond acceptors (Lipinski definition) is 7. The molecule has 1 amide bonds. The Bertz CT molecular complexity index is 1400. The number of fused-ring (bicyclic) bond motifs is 1. The van der Waals surface area contributed by atoms with Crippen LogP contribution in [0.4, 0.5) is 5.82 Å². The van der Waals surface area contributed by atoms with E-state index in [1.807, 2.05) is 78.3 Å². The minimum absolute atomic E-state index is 0.105. The number of nitrogens with one attached hydrogen (secondary N) is 1. The topological polar surface area (TPSA) is 111 Å². The lowest BCUT2D eigenvalue weighted by Gasteiger charge is -2.33. The molecule has 2 heterocycles. The third-order valence-electron chi connectivity index (χ3n) is 7.42. The zero-order valence-electron chi connectivity index (χ0n) is 23.0. The SMILES string of the molecule is CC(C)[C@H](C(=O)NC1CCC(n2ncc3c(N)nc(-c4ccc(Oc5ccccc5)cc4)nc32)CC1)N(C)C. The molecular weight excluding hydrogens is 490 g/mol. The number of rotatable bonds is 8. The zero-order valence-corrected chi connectivity index (χ0v) is 23.0. The van der Waals surface area contributed by atoms with E-state index >= 15 is 0 Å². The minimum Gasteiger partial charge on any atom is -0.457 e. The number of benzene rings is 2. The van der Waals surface area contributed by atoms with E-state index in [0.29, 0.717) is 11.6 Å². The summed E-state index contributed by atoms with van der Waals surface area (Å²) in [5, 5.41) is 8.69. The molecule has 0 radical (unpaired) electrons. The Kier molecular flexibility index (Phi) is 7.79. The molecular formula is C30H37N7O2. The Labute approximate surface area is 229 Å². The number of ether oxygens (including phenoxy) is 1. The molecule has 0 bridgehead atoms. The first-order chi connectivity index (χ1) is 18.8. The second kappa shape index (κ2) is 11.4. The molecule has 9 heteroatoms. The number of likely N-dealkylation sites (N-methyl/N-ethyl adjacent to an activating group) is 1. The van der Waals surface area contributed by atoms with Gasteiger partial charge in [0.25, 0.3) is 0 Å². The summed E-state index contributed by atoms with van der Waals surface area (Å²) in [6.07, 6.45) is 5.35. The highest BCUT2D eigenvalue weighted by molar-refractivity contribution is 5.87. The van der Waals surface area contributed by atoms with Crippen LogP contribution < -0.4 is 15.8 Å². The highest BCUT2D eigenvalue weighted by Gasteiger charge is 2.30. The van der Waals surface area contributed by atoms with Crippen LogP contribution in [0.25, 0.3) is 22.4 Å². The van der Waals surface area contributed by atoms with Gasteiger partial charge in [-0.2, -0.15) is 5.10 Å². The number of carbonyl (C=O) groups is 1. The van der Waals surface area contributed by atoms with Gasteiger partial charge in [0.1, 0.15) is 17.3 Å². The lowest BCUT2D eigenvalue weighted by Crippen LogP contribution is -2.50. The van der Waals surface area contributed by atoms with Crippen LogP contribution in [0.3, 0.4) is 0 Å². The third-order valence-corrected chi connectivity index (χ3v) is 7.42. The molecule has 0 spiro atoms. The number of amides is 1. The molecule has 1 atom stereocenters. The fraction of sp³-hybridized carbons (Fsp3) is 0.400. The summed E-state index contributed by atoms with van der Waals surface area (Å²) >= 11 is 0. The molecule has 1 aliphatic rings. The summed E-state index contributed by atoms with van der Waals surface area (Å²) < 4.78 is 7.89. The van der Waals surface area contributed by atoms with Gasteiger partial charge in [-0.3, -0.25) is 9.69 Å².